The number of fused-ring (bicyclic) bond motifs is 1. The SMILES string of the molecule is CCOC(=O)c1ccc2nc(NC(=O)C3=NNC(=O)CC3)sc2c1. The van der Waals surface area contributed by atoms with Gasteiger partial charge in [0.1, 0.15) is 5.71 Å². The van der Waals surface area contributed by atoms with Gasteiger partial charge in [0, 0.05) is 12.8 Å². The summed E-state index contributed by atoms with van der Waals surface area (Å²) in [6, 6.07) is 5.01. The average molecular weight is 346 g/mol. The van der Waals surface area contributed by atoms with Crippen LogP contribution in [0.4, 0.5) is 5.13 Å². The number of aromatic nitrogens is 1. The van der Waals surface area contributed by atoms with Crippen molar-refractivity contribution in [1.82, 2.24) is 10.4 Å². The van der Waals surface area contributed by atoms with E-state index < -0.39 is 11.9 Å². The number of anilines is 1. The Morgan fingerprint density at radius 1 is 1.38 bits per heavy atom. The molecule has 0 spiro atoms. The number of nitrogens with one attached hydrogen (secondary N) is 2. The fourth-order valence-electron chi connectivity index (χ4n) is 2.13. The van der Waals surface area contributed by atoms with E-state index in [9.17, 15) is 14.4 Å². The molecule has 0 saturated carbocycles. The molecular weight excluding hydrogens is 332 g/mol. The predicted molar refractivity (Wildman–Crippen MR) is 89.0 cm³/mol. The third-order valence-electron chi connectivity index (χ3n) is 3.29. The van der Waals surface area contributed by atoms with Gasteiger partial charge in [-0.2, -0.15) is 5.10 Å². The molecule has 1 aromatic carbocycles. The van der Waals surface area contributed by atoms with Gasteiger partial charge in [-0.15, -0.1) is 0 Å². The van der Waals surface area contributed by atoms with Crippen LogP contribution >= 0.6 is 11.3 Å². The maximum absolute atomic E-state index is 12.1. The van der Waals surface area contributed by atoms with Gasteiger partial charge in [0.15, 0.2) is 5.13 Å². The van der Waals surface area contributed by atoms with Crippen molar-refractivity contribution in [2.24, 2.45) is 5.10 Å². The van der Waals surface area contributed by atoms with Crippen LogP contribution in [0.2, 0.25) is 0 Å². The number of hydrazone groups is 1. The Kier molecular flexibility index (Phi) is 4.52. The van der Waals surface area contributed by atoms with Crippen LogP contribution in [0.1, 0.15) is 30.1 Å². The van der Waals surface area contributed by atoms with E-state index in [1.54, 1.807) is 25.1 Å². The summed E-state index contributed by atoms with van der Waals surface area (Å²) in [6.45, 7) is 2.05. The lowest BCUT2D eigenvalue weighted by Crippen LogP contribution is -2.32. The number of amides is 2. The standard InChI is InChI=1S/C15H14N4O4S/c1-2-23-14(22)8-3-4-9-11(7-8)24-15(16-9)17-13(21)10-5-6-12(20)19-18-10/h3-4,7H,2,5-6H2,1H3,(H,19,20)(H,16,17,21). The lowest BCUT2D eigenvalue weighted by atomic mass is 10.2. The molecule has 0 fully saturated rings. The molecule has 8 nitrogen and oxygen atoms in total. The van der Waals surface area contributed by atoms with Crippen molar-refractivity contribution in [3.05, 3.63) is 23.8 Å². The Balaban J connectivity index is 1.77. The zero-order chi connectivity index (χ0) is 17.1. The van der Waals surface area contributed by atoms with Crippen molar-refractivity contribution in [1.29, 1.82) is 0 Å². The Morgan fingerprint density at radius 2 is 2.21 bits per heavy atom. The topological polar surface area (TPSA) is 110 Å². The Labute approximate surface area is 140 Å². The summed E-state index contributed by atoms with van der Waals surface area (Å²) in [5.41, 5.74) is 3.63. The second-order valence-electron chi connectivity index (χ2n) is 4.97. The largest absolute Gasteiger partial charge is 0.462 e. The van der Waals surface area contributed by atoms with E-state index in [0.717, 1.165) is 4.70 Å². The number of carbonyl (C=O) groups excluding carboxylic acids is 3. The first-order valence-corrected chi connectivity index (χ1v) is 8.13. The first kappa shape index (κ1) is 16.1. The number of nitrogens with zero attached hydrogens (tertiary/aromatic N) is 2. The lowest BCUT2D eigenvalue weighted by Gasteiger charge is -2.10. The molecule has 2 amide bonds. The van der Waals surface area contributed by atoms with E-state index in [1.807, 2.05) is 0 Å². The quantitative estimate of drug-likeness (QED) is 0.819. The minimum Gasteiger partial charge on any atom is -0.462 e. The summed E-state index contributed by atoms with van der Waals surface area (Å²) in [6.07, 6.45) is 0.518. The number of hydrogen-bond acceptors (Lipinski definition) is 7. The maximum Gasteiger partial charge on any atom is 0.338 e. The monoisotopic (exact) mass is 346 g/mol. The molecule has 0 radical (unpaired) electrons. The molecule has 9 heteroatoms. The molecule has 1 aliphatic rings. The third-order valence-corrected chi connectivity index (χ3v) is 4.22. The van der Waals surface area contributed by atoms with Gasteiger partial charge < -0.3 is 4.74 Å². The average Bonchev–Trinajstić information content (AvgIpc) is 2.96. The van der Waals surface area contributed by atoms with Gasteiger partial charge in [0.05, 0.1) is 22.4 Å². The number of carbonyl (C=O) groups is 3. The Hall–Kier alpha value is -2.81. The van der Waals surface area contributed by atoms with Gasteiger partial charge in [-0.3, -0.25) is 14.9 Å². The molecule has 2 N–H and O–H groups in total. The Morgan fingerprint density at radius 3 is 2.92 bits per heavy atom. The van der Waals surface area contributed by atoms with Crippen LogP contribution in [0.5, 0.6) is 0 Å². The van der Waals surface area contributed by atoms with E-state index in [1.165, 1.54) is 11.3 Å². The number of esters is 1. The summed E-state index contributed by atoms with van der Waals surface area (Å²) in [4.78, 5) is 39.2. The zero-order valence-electron chi connectivity index (χ0n) is 12.8. The molecule has 0 bridgehead atoms. The molecule has 1 aliphatic heterocycles. The van der Waals surface area contributed by atoms with Crippen LogP contribution in [0, 0.1) is 0 Å². The summed E-state index contributed by atoms with van der Waals surface area (Å²) >= 11 is 1.25. The normalized spacial score (nSPS) is 14.0. The van der Waals surface area contributed by atoms with Crippen molar-refractivity contribution >= 4 is 50.2 Å². The summed E-state index contributed by atoms with van der Waals surface area (Å²) in [7, 11) is 0. The first-order valence-electron chi connectivity index (χ1n) is 7.31. The van der Waals surface area contributed by atoms with E-state index in [2.05, 4.69) is 20.8 Å². The van der Waals surface area contributed by atoms with E-state index in [0.29, 0.717) is 22.8 Å². The van der Waals surface area contributed by atoms with Crippen LogP contribution in [0.15, 0.2) is 23.3 Å². The van der Waals surface area contributed by atoms with Crippen LogP contribution in [0.25, 0.3) is 10.2 Å². The van der Waals surface area contributed by atoms with Crippen molar-refractivity contribution < 1.29 is 19.1 Å². The second kappa shape index (κ2) is 6.75. The lowest BCUT2D eigenvalue weighted by molar-refractivity contribution is -0.121. The van der Waals surface area contributed by atoms with Crippen molar-refractivity contribution in [2.45, 2.75) is 19.8 Å². The van der Waals surface area contributed by atoms with Crippen LogP contribution < -0.4 is 10.7 Å². The molecule has 0 unspecified atom stereocenters. The zero-order valence-corrected chi connectivity index (χ0v) is 13.6. The number of hydrogen-bond donors (Lipinski definition) is 2. The summed E-state index contributed by atoms with van der Waals surface area (Å²) in [5, 5.41) is 6.80. The highest BCUT2D eigenvalue weighted by Gasteiger charge is 2.19. The predicted octanol–water partition coefficient (Wildman–Crippen LogP) is 1.68. The van der Waals surface area contributed by atoms with Crippen molar-refractivity contribution in [2.75, 3.05) is 11.9 Å². The van der Waals surface area contributed by atoms with Crippen LogP contribution in [-0.2, 0) is 14.3 Å². The number of rotatable bonds is 4. The first-order chi connectivity index (χ1) is 11.6. The highest BCUT2D eigenvalue weighted by atomic mass is 32.1. The van der Waals surface area contributed by atoms with E-state index in [-0.39, 0.29) is 24.5 Å². The molecule has 2 heterocycles. The molecule has 1 aromatic heterocycles. The highest BCUT2D eigenvalue weighted by molar-refractivity contribution is 7.22. The fourth-order valence-corrected chi connectivity index (χ4v) is 3.03. The smallest absolute Gasteiger partial charge is 0.338 e. The van der Waals surface area contributed by atoms with Gasteiger partial charge in [-0.05, 0) is 25.1 Å². The van der Waals surface area contributed by atoms with Crippen molar-refractivity contribution in [3.8, 4) is 0 Å². The minimum absolute atomic E-state index is 0.210. The van der Waals surface area contributed by atoms with Gasteiger partial charge in [0.25, 0.3) is 5.91 Å². The molecule has 24 heavy (non-hydrogen) atoms. The highest BCUT2D eigenvalue weighted by Crippen LogP contribution is 2.27. The number of ether oxygens (including phenoxy) is 1. The molecule has 124 valence electrons. The third kappa shape index (κ3) is 3.40. The molecule has 0 aliphatic carbocycles. The molecule has 2 aromatic rings. The van der Waals surface area contributed by atoms with Crippen molar-refractivity contribution in [3.63, 3.8) is 0 Å². The summed E-state index contributed by atoms with van der Waals surface area (Å²) < 4.78 is 5.72. The van der Waals surface area contributed by atoms with Gasteiger partial charge in [-0.25, -0.2) is 15.2 Å². The molecular formula is C15H14N4O4S. The molecule has 3 rings (SSSR count). The minimum atomic E-state index is -0.403. The molecule has 0 saturated heterocycles. The Bertz CT molecular complexity index is 858. The van der Waals surface area contributed by atoms with E-state index >= 15 is 0 Å². The number of thiazole rings is 1. The van der Waals surface area contributed by atoms with Gasteiger partial charge in [-0.1, -0.05) is 11.3 Å². The van der Waals surface area contributed by atoms with E-state index in [4.69, 9.17) is 4.74 Å². The van der Waals surface area contributed by atoms with Gasteiger partial charge >= 0.3 is 5.97 Å². The second-order valence-corrected chi connectivity index (χ2v) is 6.00. The van der Waals surface area contributed by atoms with Crippen LogP contribution in [-0.4, -0.2) is 35.1 Å². The van der Waals surface area contributed by atoms with Gasteiger partial charge in [0.2, 0.25) is 5.91 Å². The fraction of sp³-hybridized carbons (Fsp3) is 0.267. The van der Waals surface area contributed by atoms with Crippen LogP contribution in [0.3, 0.4) is 0 Å². The summed E-state index contributed by atoms with van der Waals surface area (Å²) in [5.74, 6) is -1.01. The maximum atomic E-state index is 12.1. The number of benzene rings is 1. The molecule has 0 atom stereocenters.